The Labute approximate surface area is 126 Å². The monoisotopic (exact) mass is 317 g/mol. The number of nitro benzene ring substituents is 1. The van der Waals surface area contributed by atoms with Crippen LogP contribution in [0, 0.1) is 22.0 Å². The number of carbonyl (C=O) groups excluding carboxylic acids is 1. The van der Waals surface area contributed by atoms with E-state index in [1.807, 2.05) is 0 Å². The molecule has 2 fully saturated rings. The van der Waals surface area contributed by atoms with Gasteiger partial charge in [0.05, 0.1) is 4.92 Å². The molecule has 1 aromatic carbocycles. The molecule has 3 rings (SSSR count). The van der Waals surface area contributed by atoms with Crippen molar-refractivity contribution in [3.05, 3.63) is 38.9 Å². The van der Waals surface area contributed by atoms with Crippen molar-refractivity contribution in [2.24, 2.45) is 11.8 Å². The van der Waals surface area contributed by atoms with Gasteiger partial charge in [-0.3, -0.25) is 14.9 Å². The molecule has 108 valence electrons. The van der Waals surface area contributed by atoms with Crippen LogP contribution < -0.4 is 10.6 Å². The van der Waals surface area contributed by atoms with Gasteiger partial charge >= 0.3 is 0 Å². The zero-order chi connectivity index (χ0) is 13.6. The predicted molar refractivity (Wildman–Crippen MR) is 76.5 cm³/mol. The van der Waals surface area contributed by atoms with Gasteiger partial charge in [-0.1, -0.05) is 11.6 Å². The molecule has 20 heavy (non-hydrogen) atoms. The minimum atomic E-state index is -0.557. The minimum Gasteiger partial charge on any atom is -0.349 e. The second kappa shape index (κ2) is 5.55. The third kappa shape index (κ3) is 2.72. The highest BCUT2D eigenvalue weighted by molar-refractivity contribution is 6.31. The van der Waals surface area contributed by atoms with E-state index in [9.17, 15) is 14.9 Å². The average molecular weight is 318 g/mol. The maximum Gasteiger partial charge on any atom is 0.271 e. The number of nitro groups is 1. The van der Waals surface area contributed by atoms with E-state index in [0.29, 0.717) is 11.8 Å². The van der Waals surface area contributed by atoms with E-state index in [1.54, 1.807) is 0 Å². The van der Waals surface area contributed by atoms with E-state index >= 15 is 0 Å². The van der Waals surface area contributed by atoms with Crippen molar-refractivity contribution in [2.45, 2.75) is 6.04 Å². The number of nitrogens with zero attached hydrogens (tertiary/aromatic N) is 1. The molecule has 2 unspecified atom stereocenters. The number of benzene rings is 1. The van der Waals surface area contributed by atoms with Crippen molar-refractivity contribution in [3.63, 3.8) is 0 Å². The Morgan fingerprint density at radius 1 is 1.35 bits per heavy atom. The molecular formula is C12H13Cl2N3O3. The van der Waals surface area contributed by atoms with Gasteiger partial charge in [-0.05, 0) is 17.9 Å². The number of piperidine rings is 1. The lowest BCUT2D eigenvalue weighted by atomic mass is 10.2. The van der Waals surface area contributed by atoms with Crippen LogP contribution in [0.2, 0.25) is 5.02 Å². The zero-order valence-corrected chi connectivity index (χ0v) is 11.9. The highest BCUT2D eigenvalue weighted by atomic mass is 35.5. The van der Waals surface area contributed by atoms with E-state index in [-0.39, 0.29) is 40.6 Å². The Bertz CT molecular complexity index is 557. The highest BCUT2D eigenvalue weighted by Gasteiger charge is 2.53. The molecule has 1 saturated heterocycles. The summed E-state index contributed by atoms with van der Waals surface area (Å²) in [5, 5.41) is 17.1. The van der Waals surface area contributed by atoms with Crippen LogP contribution in [0.15, 0.2) is 18.2 Å². The maximum atomic E-state index is 12.0. The van der Waals surface area contributed by atoms with Gasteiger partial charge in [0.1, 0.15) is 0 Å². The van der Waals surface area contributed by atoms with Crippen LogP contribution in [0.3, 0.4) is 0 Å². The number of hydrogen-bond acceptors (Lipinski definition) is 4. The molecule has 2 atom stereocenters. The molecule has 6 nitrogen and oxygen atoms in total. The summed E-state index contributed by atoms with van der Waals surface area (Å²) in [6.45, 7) is 1.84. The Kier molecular flexibility index (Phi) is 4.17. The summed E-state index contributed by atoms with van der Waals surface area (Å²) in [5.41, 5.74) is 0.0624. The van der Waals surface area contributed by atoms with Crippen molar-refractivity contribution >= 4 is 35.6 Å². The largest absolute Gasteiger partial charge is 0.349 e. The number of hydrogen-bond donors (Lipinski definition) is 2. The molecule has 8 heteroatoms. The summed E-state index contributed by atoms with van der Waals surface area (Å²) in [7, 11) is 0. The van der Waals surface area contributed by atoms with E-state index in [4.69, 9.17) is 11.6 Å². The van der Waals surface area contributed by atoms with Crippen LogP contribution in [0.25, 0.3) is 0 Å². The van der Waals surface area contributed by atoms with Gasteiger partial charge in [-0.25, -0.2) is 0 Å². The standard InChI is InChI=1S/C12H12ClN3O3.ClH/c13-7-1-6(2-8(3-7)16(18)19)12(17)15-11-9-4-14-5-10(9)11;/h1-3,9-11,14H,4-5H2,(H,15,17);1H. The van der Waals surface area contributed by atoms with Crippen molar-refractivity contribution in [1.82, 2.24) is 10.6 Å². The van der Waals surface area contributed by atoms with E-state index in [1.165, 1.54) is 18.2 Å². The second-order valence-electron chi connectivity index (χ2n) is 4.94. The molecule has 1 aromatic rings. The van der Waals surface area contributed by atoms with Crippen molar-refractivity contribution in [2.75, 3.05) is 13.1 Å². The SMILES string of the molecule is Cl.O=C(NC1C2CNCC21)c1cc(Cl)cc([N+](=O)[O-])c1. The minimum absolute atomic E-state index is 0. The third-order valence-electron chi connectivity index (χ3n) is 3.74. The van der Waals surface area contributed by atoms with E-state index < -0.39 is 4.92 Å². The Morgan fingerprint density at radius 3 is 2.60 bits per heavy atom. The lowest BCUT2D eigenvalue weighted by Gasteiger charge is -2.08. The van der Waals surface area contributed by atoms with Crippen LogP contribution >= 0.6 is 24.0 Å². The fourth-order valence-corrected chi connectivity index (χ4v) is 2.91. The molecule has 1 saturated carbocycles. The van der Waals surface area contributed by atoms with Gasteiger partial charge < -0.3 is 10.6 Å². The number of carbonyl (C=O) groups is 1. The average Bonchev–Trinajstić information content (AvgIpc) is 2.81. The lowest BCUT2D eigenvalue weighted by Crippen LogP contribution is -2.32. The number of halogens is 2. The molecule has 2 aliphatic rings. The summed E-state index contributed by atoms with van der Waals surface area (Å²) in [6.07, 6.45) is 0. The van der Waals surface area contributed by atoms with Gasteiger partial charge in [0.2, 0.25) is 0 Å². The predicted octanol–water partition coefficient (Wildman–Crippen LogP) is 1.62. The zero-order valence-electron chi connectivity index (χ0n) is 10.3. The van der Waals surface area contributed by atoms with Crippen LogP contribution in [-0.4, -0.2) is 30.0 Å². The van der Waals surface area contributed by atoms with Crippen LogP contribution in [-0.2, 0) is 0 Å². The summed E-state index contributed by atoms with van der Waals surface area (Å²) in [5.74, 6) is 0.696. The summed E-state index contributed by atoms with van der Waals surface area (Å²) in [6, 6.07) is 4.11. The van der Waals surface area contributed by atoms with Crippen molar-refractivity contribution < 1.29 is 9.72 Å². The molecule has 2 N–H and O–H groups in total. The molecule has 0 radical (unpaired) electrons. The summed E-state index contributed by atoms with van der Waals surface area (Å²) >= 11 is 5.79. The lowest BCUT2D eigenvalue weighted by molar-refractivity contribution is -0.384. The topological polar surface area (TPSA) is 84.3 Å². The van der Waals surface area contributed by atoms with Crippen molar-refractivity contribution in [1.29, 1.82) is 0 Å². The Hall–Kier alpha value is -1.37. The molecule has 0 bridgehead atoms. The quantitative estimate of drug-likeness (QED) is 0.655. The van der Waals surface area contributed by atoms with Gasteiger partial charge in [0.25, 0.3) is 11.6 Å². The first-order valence-electron chi connectivity index (χ1n) is 6.03. The number of nitrogens with one attached hydrogen (secondary N) is 2. The number of rotatable bonds is 3. The van der Waals surface area contributed by atoms with Crippen LogP contribution in [0.4, 0.5) is 5.69 Å². The smallest absolute Gasteiger partial charge is 0.271 e. The molecule has 1 aliphatic heterocycles. The first-order chi connectivity index (χ1) is 9.06. The summed E-state index contributed by atoms with van der Waals surface area (Å²) < 4.78 is 0. The van der Waals surface area contributed by atoms with E-state index in [0.717, 1.165) is 13.1 Å². The van der Waals surface area contributed by atoms with Gasteiger partial charge in [0.15, 0.2) is 0 Å². The molecule has 1 heterocycles. The van der Waals surface area contributed by atoms with Gasteiger partial charge in [-0.2, -0.15) is 0 Å². The van der Waals surface area contributed by atoms with Crippen molar-refractivity contribution in [3.8, 4) is 0 Å². The Balaban J connectivity index is 0.00000147. The molecule has 0 aromatic heterocycles. The Morgan fingerprint density at radius 2 is 2.00 bits per heavy atom. The van der Waals surface area contributed by atoms with Crippen LogP contribution in [0.1, 0.15) is 10.4 Å². The fraction of sp³-hybridized carbons (Fsp3) is 0.417. The molecule has 1 amide bonds. The van der Waals surface area contributed by atoms with Gasteiger partial charge in [0, 0.05) is 41.9 Å². The van der Waals surface area contributed by atoms with Crippen LogP contribution in [0.5, 0.6) is 0 Å². The number of non-ortho nitro benzene ring substituents is 1. The van der Waals surface area contributed by atoms with Gasteiger partial charge in [-0.15, -0.1) is 12.4 Å². The second-order valence-corrected chi connectivity index (χ2v) is 5.38. The number of fused-ring (bicyclic) bond motifs is 1. The highest BCUT2D eigenvalue weighted by Crippen LogP contribution is 2.41. The normalized spacial score (nSPS) is 26.4. The van der Waals surface area contributed by atoms with E-state index in [2.05, 4.69) is 10.6 Å². The molecule has 1 aliphatic carbocycles. The summed E-state index contributed by atoms with van der Waals surface area (Å²) in [4.78, 5) is 22.2. The molecule has 0 spiro atoms. The third-order valence-corrected chi connectivity index (χ3v) is 3.96. The first-order valence-corrected chi connectivity index (χ1v) is 6.40. The fourth-order valence-electron chi connectivity index (χ4n) is 2.68. The molecular weight excluding hydrogens is 305 g/mol. The number of amides is 1. The first kappa shape index (κ1) is 15.0. The maximum absolute atomic E-state index is 12.0.